The van der Waals surface area contributed by atoms with E-state index in [9.17, 15) is 8.78 Å². The van der Waals surface area contributed by atoms with Gasteiger partial charge in [-0.05, 0) is 12.1 Å². The molecule has 0 atom stereocenters. The molecule has 0 heterocycles. The lowest BCUT2D eigenvalue weighted by Gasteiger charge is -2.15. The Morgan fingerprint density at radius 2 is 2.15 bits per heavy atom. The number of rotatable bonds is 3. The number of methoxy groups -OCH3 is 1. The maximum Gasteiger partial charge on any atom is 0.296 e. The zero-order valence-corrected chi connectivity index (χ0v) is 7.13. The lowest BCUT2D eigenvalue weighted by Crippen LogP contribution is -2.19. The smallest absolute Gasteiger partial charge is 0.296 e. The first-order valence-corrected chi connectivity index (χ1v) is 3.72. The van der Waals surface area contributed by atoms with Crippen LogP contribution in [0.5, 0.6) is 5.75 Å². The molecular weight excluding hydrogens is 178 g/mol. The highest BCUT2D eigenvalue weighted by Gasteiger charge is 2.31. The lowest BCUT2D eigenvalue weighted by atomic mass is 10.1. The highest BCUT2D eigenvalue weighted by atomic mass is 19.3. The van der Waals surface area contributed by atoms with Crippen LogP contribution < -0.4 is 0 Å². The second kappa shape index (κ2) is 3.70. The van der Waals surface area contributed by atoms with Crippen LogP contribution in [0.4, 0.5) is 8.78 Å². The molecule has 0 aliphatic heterocycles. The van der Waals surface area contributed by atoms with Crippen LogP contribution in [0.1, 0.15) is 5.56 Å². The van der Waals surface area contributed by atoms with E-state index in [1.54, 1.807) is 0 Å². The number of benzene rings is 1. The zero-order chi connectivity index (χ0) is 9.90. The molecule has 0 spiro atoms. The van der Waals surface area contributed by atoms with E-state index in [1.807, 2.05) is 0 Å². The molecule has 1 rings (SSSR count). The SMILES string of the molecule is COCC(F)(F)c1cccc(O)c1. The maximum absolute atomic E-state index is 13.1. The third kappa shape index (κ3) is 2.39. The second-order valence-electron chi connectivity index (χ2n) is 2.69. The van der Waals surface area contributed by atoms with Crippen LogP contribution in [0, 0.1) is 0 Å². The van der Waals surface area contributed by atoms with E-state index in [4.69, 9.17) is 5.11 Å². The maximum atomic E-state index is 13.1. The summed E-state index contributed by atoms with van der Waals surface area (Å²) in [5, 5.41) is 8.97. The van der Waals surface area contributed by atoms with Crippen LogP contribution in [-0.4, -0.2) is 18.8 Å². The predicted octanol–water partition coefficient (Wildman–Crippen LogP) is 2.13. The van der Waals surface area contributed by atoms with Crippen LogP contribution in [-0.2, 0) is 10.7 Å². The Hall–Kier alpha value is -1.16. The van der Waals surface area contributed by atoms with E-state index in [0.29, 0.717) is 0 Å². The molecule has 72 valence electrons. The lowest BCUT2D eigenvalue weighted by molar-refractivity contribution is -0.0699. The topological polar surface area (TPSA) is 29.5 Å². The fourth-order valence-electron chi connectivity index (χ4n) is 0.998. The van der Waals surface area contributed by atoms with E-state index in [0.717, 1.165) is 6.07 Å². The molecular formula is C9H10F2O2. The zero-order valence-electron chi connectivity index (χ0n) is 7.13. The van der Waals surface area contributed by atoms with Crippen molar-refractivity contribution in [2.45, 2.75) is 5.92 Å². The minimum absolute atomic E-state index is 0.173. The first kappa shape index (κ1) is 9.92. The fraction of sp³-hybridized carbons (Fsp3) is 0.333. The third-order valence-corrected chi connectivity index (χ3v) is 1.59. The number of hydrogen-bond donors (Lipinski definition) is 1. The molecule has 0 amide bonds. The monoisotopic (exact) mass is 188 g/mol. The van der Waals surface area contributed by atoms with Crippen molar-refractivity contribution >= 4 is 0 Å². The predicted molar refractivity (Wildman–Crippen MR) is 43.9 cm³/mol. The van der Waals surface area contributed by atoms with Crippen LogP contribution in [0.3, 0.4) is 0 Å². The quantitative estimate of drug-likeness (QED) is 0.787. The molecule has 2 nitrogen and oxygen atoms in total. The summed E-state index contributed by atoms with van der Waals surface area (Å²) in [4.78, 5) is 0. The Morgan fingerprint density at radius 1 is 1.46 bits per heavy atom. The van der Waals surface area contributed by atoms with E-state index in [-0.39, 0.29) is 11.3 Å². The Morgan fingerprint density at radius 3 is 2.69 bits per heavy atom. The van der Waals surface area contributed by atoms with Crippen molar-refractivity contribution in [3.8, 4) is 5.75 Å². The molecule has 0 saturated heterocycles. The molecule has 0 unspecified atom stereocenters. The number of alkyl halides is 2. The van der Waals surface area contributed by atoms with Gasteiger partial charge < -0.3 is 9.84 Å². The summed E-state index contributed by atoms with van der Waals surface area (Å²) in [7, 11) is 1.21. The van der Waals surface area contributed by atoms with Gasteiger partial charge in [0.25, 0.3) is 5.92 Å². The van der Waals surface area contributed by atoms with Gasteiger partial charge in [-0.2, -0.15) is 8.78 Å². The van der Waals surface area contributed by atoms with Gasteiger partial charge in [0.05, 0.1) is 0 Å². The van der Waals surface area contributed by atoms with Crippen molar-refractivity contribution in [3.05, 3.63) is 29.8 Å². The Labute approximate surface area is 74.8 Å². The summed E-state index contributed by atoms with van der Waals surface area (Å²) in [5.41, 5.74) is -0.241. The normalized spacial score (nSPS) is 11.6. The summed E-state index contributed by atoms with van der Waals surface area (Å²) in [6.07, 6.45) is 0. The van der Waals surface area contributed by atoms with Crippen molar-refractivity contribution in [3.63, 3.8) is 0 Å². The highest BCUT2D eigenvalue weighted by molar-refractivity contribution is 5.30. The minimum atomic E-state index is -3.05. The van der Waals surface area contributed by atoms with Gasteiger partial charge in [0.2, 0.25) is 0 Å². The molecule has 0 radical (unpaired) electrons. The van der Waals surface area contributed by atoms with Crippen LogP contribution in [0.15, 0.2) is 24.3 Å². The number of phenolic OH excluding ortho intramolecular Hbond substituents is 1. The first-order chi connectivity index (χ1) is 6.06. The Balaban J connectivity index is 2.93. The summed E-state index contributed by atoms with van der Waals surface area (Å²) in [6.45, 7) is -0.684. The summed E-state index contributed by atoms with van der Waals surface area (Å²) in [5.74, 6) is -3.22. The molecule has 1 N–H and O–H groups in total. The second-order valence-corrected chi connectivity index (χ2v) is 2.69. The average Bonchev–Trinajstić information content (AvgIpc) is 2.04. The standard InChI is InChI=1S/C9H10F2O2/c1-13-6-9(10,11)7-3-2-4-8(12)5-7/h2-5,12H,6H2,1H3. The van der Waals surface area contributed by atoms with Crippen LogP contribution in [0.25, 0.3) is 0 Å². The van der Waals surface area contributed by atoms with E-state index < -0.39 is 12.5 Å². The molecule has 0 aliphatic rings. The largest absolute Gasteiger partial charge is 0.508 e. The number of aromatic hydroxyl groups is 1. The molecule has 1 aromatic carbocycles. The summed E-state index contributed by atoms with van der Waals surface area (Å²) < 4.78 is 30.6. The fourth-order valence-corrected chi connectivity index (χ4v) is 0.998. The Bertz CT molecular complexity index is 287. The van der Waals surface area contributed by atoms with Gasteiger partial charge in [-0.3, -0.25) is 0 Å². The molecule has 0 aliphatic carbocycles. The van der Waals surface area contributed by atoms with E-state index in [1.165, 1.54) is 25.3 Å². The van der Waals surface area contributed by atoms with Crippen LogP contribution in [0.2, 0.25) is 0 Å². The summed E-state index contributed by atoms with van der Waals surface area (Å²) >= 11 is 0. The average molecular weight is 188 g/mol. The van der Waals surface area contributed by atoms with Crippen LogP contribution >= 0.6 is 0 Å². The van der Waals surface area contributed by atoms with Crippen molar-refractivity contribution in [2.75, 3.05) is 13.7 Å². The van der Waals surface area contributed by atoms with Gasteiger partial charge in [0, 0.05) is 12.7 Å². The first-order valence-electron chi connectivity index (χ1n) is 3.72. The number of hydrogen-bond acceptors (Lipinski definition) is 2. The molecule has 0 fully saturated rings. The molecule has 0 aromatic heterocycles. The molecule has 13 heavy (non-hydrogen) atoms. The third-order valence-electron chi connectivity index (χ3n) is 1.59. The van der Waals surface area contributed by atoms with Crippen molar-refractivity contribution in [1.82, 2.24) is 0 Å². The number of halogens is 2. The summed E-state index contributed by atoms with van der Waals surface area (Å²) in [6, 6.07) is 4.98. The molecule has 1 aromatic rings. The van der Waals surface area contributed by atoms with Crippen molar-refractivity contribution < 1.29 is 18.6 Å². The van der Waals surface area contributed by atoms with Crippen molar-refractivity contribution in [2.24, 2.45) is 0 Å². The van der Waals surface area contributed by atoms with Gasteiger partial charge in [0.1, 0.15) is 12.4 Å². The van der Waals surface area contributed by atoms with Crippen molar-refractivity contribution in [1.29, 1.82) is 0 Å². The molecule has 4 heteroatoms. The number of phenols is 1. The Kier molecular flexibility index (Phi) is 2.83. The number of ether oxygens (including phenoxy) is 1. The van der Waals surface area contributed by atoms with Gasteiger partial charge in [-0.1, -0.05) is 12.1 Å². The minimum Gasteiger partial charge on any atom is -0.508 e. The molecule has 0 bridgehead atoms. The van der Waals surface area contributed by atoms with E-state index in [2.05, 4.69) is 4.74 Å². The van der Waals surface area contributed by atoms with Gasteiger partial charge >= 0.3 is 0 Å². The molecule has 0 saturated carbocycles. The highest BCUT2D eigenvalue weighted by Crippen LogP contribution is 2.29. The van der Waals surface area contributed by atoms with Gasteiger partial charge in [-0.25, -0.2) is 0 Å². The van der Waals surface area contributed by atoms with Gasteiger partial charge in [-0.15, -0.1) is 0 Å². The van der Waals surface area contributed by atoms with E-state index >= 15 is 0 Å². The van der Waals surface area contributed by atoms with Gasteiger partial charge in [0.15, 0.2) is 0 Å².